The lowest BCUT2D eigenvalue weighted by molar-refractivity contribution is -0.151. The monoisotopic (exact) mass is 794 g/mol. The lowest BCUT2D eigenvalue weighted by Crippen LogP contribution is -2.46. The van der Waals surface area contributed by atoms with Crippen LogP contribution < -0.4 is 5.32 Å². The van der Waals surface area contributed by atoms with E-state index in [1.54, 1.807) is 0 Å². The molecule has 0 radical (unpaired) electrons. The number of rotatable bonds is 46. The molecule has 0 heterocycles. The Morgan fingerprint density at radius 2 is 0.750 bits per heavy atom. The average molecular weight is 794 g/mol. The zero-order valence-corrected chi connectivity index (χ0v) is 38.0. The molecule has 3 atom stereocenters. The smallest absolute Gasteiger partial charge is 0.306 e. The Balaban J connectivity index is 4.46. The van der Waals surface area contributed by atoms with Gasteiger partial charge in [-0.05, 0) is 25.7 Å². The Bertz CT molecular complexity index is 806. The van der Waals surface area contributed by atoms with E-state index < -0.39 is 18.2 Å². The number of aliphatic hydroxyl groups excluding tert-OH is 2. The number of ether oxygens (including phenoxy) is 1. The van der Waals surface area contributed by atoms with Gasteiger partial charge in [-0.25, -0.2) is 0 Å². The van der Waals surface area contributed by atoms with Gasteiger partial charge in [-0.1, -0.05) is 245 Å². The van der Waals surface area contributed by atoms with Crippen LogP contribution in [0.3, 0.4) is 0 Å². The summed E-state index contributed by atoms with van der Waals surface area (Å²) < 4.78 is 5.91. The van der Waals surface area contributed by atoms with Crippen LogP contribution in [0, 0.1) is 0 Å². The number of aliphatic hydroxyl groups is 2. The maximum atomic E-state index is 13.2. The molecule has 0 aromatic carbocycles. The first-order chi connectivity index (χ1) is 27.5. The molecule has 0 aliphatic carbocycles. The van der Waals surface area contributed by atoms with Crippen LogP contribution in [0.2, 0.25) is 0 Å². The largest absolute Gasteiger partial charge is 0.462 e. The van der Waals surface area contributed by atoms with Gasteiger partial charge in [-0.15, -0.1) is 0 Å². The molecule has 0 aromatic heterocycles. The normalized spacial score (nSPS) is 13.2. The van der Waals surface area contributed by atoms with Crippen LogP contribution in [0.4, 0.5) is 0 Å². The molecule has 6 nitrogen and oxygen atoms in total. The van der Waals surface area contributed by atoms with Gasteiger partial charge in [0.15, 0.2) is 0 Å². The topological polar surface area (TPSA) is 95.9 Å². The quantitative estimate of drug-likeness (QED) is 0.0421. The van der Waals surface area contributed by atoms with Gasteiger partial charge in [0.1, 0.15) is 6.10 Å². The van der Waals surface area contributed by atoms with Gasteiger partial charge in [0, 0.05) is 6.42 Å². The second-order valence-corrected chi connectivity index (χ2v) is 17.6. The van der Waals surface area contributed by atoms with Crippen LogP contribution >= 0.6 is 0 Å². The van der Waals surface area contributed by atoms with E-state index in [-0.39, 0.29) is 24.9 Å². The molecule has 0 bridgehead atoms. The first kappa shape index (κ1) is 54.9. The van der Waals surface area contributed by atoms with Crippen LogP contribution in [0.15, 0.2) is 0 Å². The Kier molecular flexibility index (Phi) is 44.0. The SMILES string of the molecule is CCCCCCCCCCCCCCCCCC(O)C(CO)NC(=O)CC(CCCCCCCCCCCCCC)OC(=O)CCCCCCCCCCCC. The molecule has 1 amide bonds. The average Bonchev–Trinajstić information content (AvgIpc) is 3.19. The molecule has 0 aliphatic heterocycles. The molecule has 334 valence electrons. The third-order valence-electron chi connectivity index (χ3n) is 11.9. The summed E-state index contributed by atoms with van der Waals surface area (Å²) in [4.78, 5) is 26.0. The Labute approximate surface area is 349 Å². The number of nitrogens with one attached hydrogen (secondary N) is 1. The summed E-state index contributed by atoms with van der Waals surface area (Å²) in [6, 6.07) is -0.691. The van der Waals surface area contributed by atoms with Crippen molar-refractivity contribution in [2.24, 2.45) is 0 Å². The predicted molar refractivity (Wildman–Crippen MR) is 241 cm³/mol. The minimum absolute atomic E-state index is 0.0873. The summed E-state index contributed by atoms with van der Waals surface area (Å²) in [5.41, 5.74) is 0. The molecule has 3 N–H and O–H groups in total. The van der Waals surface area contributed by atoms with E-state index in [1.807, 2.05) is 0 Å². The van der Waals surface area contributed by atoms with E-state index in [9.17, 15) is 19.8 Å². The molecule has 0 spiro atoms. The van der Waals surface area contributed by atoms with Gasteiger partial charge in [-0.2, -0.15) is 0 Å². The van der Waals surface area contributed by atoms with Gasteiger partial charge in [0.25, 0.3) is 0 Å². The van der Waals surface area contributed by atoms with Crippen molar-refractivity contribution in [1.82, 2.24) is 5.32 Å². The van der Waals surface area contributed by atoms with E-state index in [0.29, 0.717) is 19.3 Å². The van der Waals surface area contributed by atoms with E-state index in [1.165, 1.54) is 193 Å². The summed E-state index contributed by atoms with van der Waals surface area (Å²) in [5.74, 6) is -0.455. The van der Waals surface area contributed by atoms with Crippen molar-refractivity contribution in [2.45, 2.75) is 302 Å². The number of hydrogen-bond acceptors (Lipinski definition) is 5. The minimum atomic E-state index is -0.778. The first-order valence-electron chi connectivity index (χ1n) is 25.3. The van der Waals surface area contributed by atoms with E-state index in [0.717, 1.165) is 44.9 Å². The van der Waals surface area contributed by atoms with Crippen molar-refractivity contribution in [3.8, 4) is 0 Å². The van der Waals surface area contributed by atoms with Crippen LogP contribution in [-0.2, 0) is 14.3 Å². The van der Waals surface area contributed by atoms with Crippen molar-refractivity contribution in [2.75, 3.05) is 6.61 Å². The van der Waals surface area contributed by atoms with E-state index in [4.69, 9.17) is 4.74 Å². The standard InChI is InChI=1S/C50H99NO5/c1-4-7-10-13-16-19-22-24-25-26-28-30-33-36-39-42-48(53)47(45-52)51-49(54)44-46(41-38-35-32-29-27-23-20-17-14-11-8-5-2)56-50(55)43-40-37-34-31-21-18-15-12-9-6-3/h46-48,52-53H,4-45H2,1-3H3,(H,51,54). The predicted octanol–water partition coefficient (Wildman–Crippen LogP) is 14.8. The third-order valence-corrected chi connectivity index (χ3v) is 11.9. The molecule has 0 saturated heterocycles. The van der Waals surface area contributed by atoms with E-state index in [2.05, 4.69) is 26.1 Å². The highest BCUT2D eigenvalue weighted by Crippen LogP contribution is 2.19. The molecular weight excluding hydrogens is 695 g/mol. The highest BCUT2D eigenvalue weighted by atomic mass is 16.5. The summed E-state index contributed by atoms with van der Waals surface area (Å²) in [6.07, 6.45) is 47.3. The first-order valence-corrected chi connectivity index (χ1v) is 25.3. The Morgan fingerprint density at radius 3 is 1.09 bits per heavy atom. The second kappa shape index (κ2) is 45.0. The maximum absolute atomic E-state index is 13.2. The van der Waals surface area contributed by atoms with Crippen LogP contribution in [0.5, 0.6) is 0 Å². The summed E-state index contributed by atoms with van der Waals surface area (Å²) in [7, 11) is 0. The fourth-order valence-corrected chi connectivity index (χ4v) is 8.08. The highest BCUT2D eigenvalue weighted by Gasteiger charge is 2.24. The summed E-state index contributed by atoms with van der Waals surface area (Å²) >= 11 is 0. The molecule has 6 heteroatoms. The molecule has 0 saturated carbocycles. The lowest BCUT2D eigenvalue weighted by Gasteiger charge is -2.24. The van der Waals surface area contributed by atoms with Crippen molar-refractivity contribution < 1.29 is 24.5 Å². The summed E-state index contributed by atoms with van der Waals surface area (Å²) in [6.45, 7) is 6.49. The fourth-order valence-electron chi connectivity index (χ4n) is 8.08. The number of unbranched alkanes of at least 4 members (excludes halogenated alkanes) is 34. The van der Waals surface area contributed by atoms with Crippen molar-refractivity contribution >= 4 is 11.9 Å². The maximum Gasteiger partial charge on any atom is 0.306 e. The number of carbonyl (C=O) groups is 2. The van der Waals surface area contributed by atoms with Gasteiger partial charge < -0.3 is 20.3 Å². The molecule has 0 aliphatic rings. The molecule has 56 heavy (non-hydrogen) atoms. The zero-order valence-electron chi connectivity index (χ0n) is 38.0. The van der Waals surface area contributed by atoms with Gasteiger partial charge in [0.05, 0.1) is 25.2 Å². The highest BCUT2D eigenvalue weighted by molar-refractivity contribution is 5.77. The van der Waals surface area contributed by atoms with Crippen LogP contribution in [-0.4, -0.2) is 46.9 Å². The molecule has 3 unspecified atom stereocenters. The lowest BCUT2D eigenvalue weighted by atomic mass is 10.0. The van der Waals surface area contributed by atoms with Crippen molar-refractivity contribution in [3.05, 3.63) is 0 Å². The van der Waals surface area contributed by atoms with Crippen LogP contribution in [0.1, 0.15) is 284 Å². The van der Waals surface area contributed by atoms with Gasteiger partial charge >= 0.3 is 5.97 Å². The third kappa shape index (κ3) is 39.7. The second-order valence-electron chi connectivity index (χ2n) is 17.6. The number of hydrogen-bond donors (Lipinski definition) is 3. The zero-order chi connectivity index (χ0) is 41.0. The fraction of sp³-hybridized carbons (Fsp3) is 0.960. The van der Waals surface area contributed by atoms with Gasteiger partial charge in [-0.3, -0.25) is 9.59 Å². The minimum Gasteiger partial charge on any atom is -0.462 e. The molecule has 0 rings (SSSR count). The van der Waals surface area contributed by atoms with Gasteiger partial charge in [0.2, 0.25) is 5.91 Å². The van der Waals surface area contributed by atoms with Crippen LogP contribution in [0.25, 0.3) is 0 Å². The molecule has 0 fully saturated rings. The van der Waals surface area contributed by atoms with Crippen molar-refractivity contribution in [3.63, 3.8) is 0 Å². The number of esters is 1. The molecule has 0 aromatic rings. The summed E-state index contributed by atoms with van der Waals surface area (Å²) in [5, 5.41) is 23.7. The van der Waals surface area contributed by atoms with Crippen molar-refractivity contribution in [1.29, 1.82) is 0 Å². The van der Waals surface area contributed by atoms with E-state index >= 15 is 0 Å². The number of carbonyl (C=O) groups excluding carboxylic acids is 2. The number of amides is 1. The Morgan fingerprint density at radius 1 is 0.446 bits per heavy atom. The Hall–Kier alpha value is -1.14. The molecular formula is C50H99NO5.